The average molecular weight is 266 g/mol. The lowest BCUT2D eigenvalue weighted by atomic mass is 9.97. The Hall–Kier alpha value is -2.68. The monoisotopic (exact) mass is 266 g/mol. The molecule has 0 atom stereocenters. The molecule has 0 aliphatic heterocycles. The molecule has 2 aromatic rings. The van der Waals surface area contributed by atoms with E-state index in [0.29, 0.717) is 16.9 Å². The van der Waals surface area contributed by atoms with Crippen molar-refractivity contribution in [1.82, 2.24) is 0 Å². The fourth-order valence-electron chi connectivity index (χ4n) is 1.78. The first kappa shape index (κ1) is 13.7. The van der Waals surface area contributed by atoms with Crippen LogP contribution in [0.5, 0.6) is 5.75 Å². The number of hydrogen-bond donors (Lipinski definition) is 0. The van der Waals surface area contributed by atoms with Gasteiger partial charge in [0.15, 0.2) is 11.6 Å². The number of carbonyl (C=O) groups is 2. The quantitative estimate of drug-likeness (QED) is 0.361. The zero-order valence-electron chi connectivity index (χ0n) is 11.1. The molecular weight excluding hydrogens is 252 g/mol. The molecule has 20 heavy (non-hydrogen) atoms. The fraction of sp³-hybridized carbons (Fsp3) is 0.0588. The van der Waals surface area contributed by atoms with Crippen LogP contribution in [0.2, 0.25) is 0 Å². The van der Waals surface area contributed by atoms with E-state index < -0.39 is 0 Å². The second-order valence-electron chi connectivity index (χ2n) is 4.23. The van der Waals surface area contributed by atoms with Gasteiger partial charge >= 0.3 is 0 Å². The summed E-state index contributed by atoms with van der Waals surface area (Å²) in [5, 5.41) is 0. The maximum atomic E-state index is 12.2. The summed E-state index contributed by atoms with van der Waals surface area (Å²) < 4.78 is 5.03. The van der Waals surface area contributed by atoms with E-state index in [0.717, 1.165) is 0 Å². The first-order valence-electron chi connectivity index (χ1n) is 6.11. The first-order chi connectivity index (χ1) is 9.63. The summed E-state index contributed by atoms with van der Waals surface area (Å²) in [5.74, 6) is -0.0746. The minimum atomic E-state index is -0.374. The van der Waals surface area contributed by atoms with Crippen molar-refractivity contribution in [2.45, 2.75) is 0 Å². The van der Waals surface area contributed by atoms with Gasteiger partial charge in [-0.2, -0.15) is 0 Å². The van der Waals surface area contributed by atoms with Gasteiger partial charge in [-0.05, 0) is 24.3 Å². The van der Waals surface area contributed by atoms with Gasteiger partial charge in [0.2, 0.25) is 0 Å². The Kier molecular flexibility index (Phi) is 4.11. The lowest BCUT2D eigenvalue weighted by Crippen LogP contribution is -2.12. The highest BCUT2D eigenvalue weighted by atomic mass is 16.5. The summed E-state index contributed by atoms with van der Waals surface area (Å²) in [4.78, 5) is 24.3. The third-order valence-electron chi connectivity index (χ3n) is 2.94. The van der Waals surface area contributed by atoms with E-state index in [-0.39, 0.29) is 17.1 Å². The zero-order valence-corrected chi connectivity index (χ0v) is 11.1. The van der Waals surface area contributed by atoms with Crippen LogP contribution in [0.25, 0.3) is 0 Å². The van der Waals surface area contributed by atoms with E-state index in [4.69, 9.17) is 4.74 Å². The second kappa shape index (κ2) is 5.97. The summed E-state index contributed by atoms with van der Waals surface area (Å²) >= 11 is 0. The molecular formula is C17H14O3. The lowest BCUT2D eigenvalue weighted by Gasteiger charge is -2.05. The van der Waals surface area contributed by atoms with Crippen LogP contribution >= 0.6 is 0 Å². The number of ether oxygens (including phenoxy) is 1. The Morgan fingerprint density at radius 2 is 1.35 bits per heavy atom. The number of ketones is 2. The molecule has 0 saturated carbocycles. The minimum absolute atomic E-state index is 0.0404. The van der Waals surface area contributed by atoms with Crippen molar-refractivity contribution in [3.63, 3.8) is 0 Å². The molecule has 0 fully saturated rings. The van der Waals surface area contributed by atoms with Gasteiger partial charge < -0.3 is 4.74 Å². The predicted molar refractivity (Wildman–Crippen MR) is 77.2 cm³/mol. The van der Waals surface area contributed by atoms with Crippen molar-refractivity contribution in [2.75, 3.05) is 7.11 Å². The fourth-order valence-corrected chi connectivity index (χ4v) is 1.78. The van der Waals surface area contributed by atoms with Crippen molar-refractivity contribution >= 4 is 11.6 Å². The van der Waals surface area contributed by atoms with Gasteiger partial charge in [-0.15, -0.1) is 0 Å². The van der Waals surface area contributed by atoms with Gasteiger partial charge in [-0.1, -0.05) is 36.9 Å². The van der Waals surface area contributed by atoms with Crippen molar-refractivity contribution in [1.29, 1.82) is 0 Å². The van der Waals surface area contributed by atoms with E-state index in [9.17, 15) is 9.59 Å². The highest BCUT2D eigenvalue weighted by Crippen LogP contribution is 2.16. The Bertz CT molecular complexity index is 640. The SMILES string of the molecule is C=C(C(=O)c1ccccc1)C(=O)c1ccc(OC)cc1. The number of Topliss-reactive ketones (excluding diaryl/α,β-unsaturated/α-hetero) is 2. The molecule has 2 rings (SSSR count). The zero-order chi connectivity index (χ0) is 14.5. The van der Waals surface area contributed by atoms with Gasteiger partial charge in [0.05, 0.1) is 12.7 Å². The Labute approximate surface area is 117 Å². The molecule has 0 aliphatic carbocycles. The van der Waals surface area contributed by atoms with Crippen LogP contribution in [0.1, 0.15) is 20.7 Å². The largest absolute Gasteiger partial charge is 0.497 e. The molecule has 0 aliphatic rings. The van der Waals surface area contributed by atoms with Crippen molar-refractivity contribution in [3.8, 4) is 5.75 Å². The molecule has 0 heterocycles. The van der Waals surface area contributed by atoms with Crippen molar-refractivity contribution in [3.05, 3.63) is 77.9 Å². The van der Waals surface area contributed by atoms with E-state index >= 15 is 0 Å². The molecule has 3 heteroatoms. The normalized spacial score (nSPS) is 9.85. The van der Waals surface area contributed by atoms with E-state index in [2.05, 4.69) is 6.58 Å². The second-order valence-corrected chi connectivity index (χ2v) is 4.23. The maximum Gasteiger partial charge on any atom is 0.196 e. The average Bonchev–Trinajstić information content (AvgIpc) is 2.53. The third-order valence-corrected chi connectivity index (χ3v) is 2.94. The first-order valence-corrected chi connectivity index (χ1v) is 6.11. The molecule has 100 valence electrons. The number of benzene rings is 2. The summed E-state index contributed by atoms with van der Waals surface area (Å²) in [7, 11) is 1.55. The Balaban J connectivity index is 2.20. The van der Waals surface area contributed by atoms with Crippen LogP contribution in [0, 0.1) is 0 Å². The molecule has 2 aromatic carbocycles. The van der Waals surface area contributed by atoms with Crippen LogP contribution in [-0.4, -0.2) is 18.7 Å². The molecule has 0 unspecified atom stereocenters. The highest BCUT2D eigenvalue weighted by molar-refractivity contribution is 6.30. The number of allylic oxidation sites excluding steroid dienone is 1. The Morgan fingerprint density at radius 3 is 1.85 bits per heavy atom. The molecule has 0 aromatic heterocycles. The summed E-state index contributed by atoms with van der Waals surface area (Å²) in [6, 6.07) is 15.2. The van der Waals surface area contributed by atoms with Gasteiger partial charge in [0.25, 0.3) is 0 Å². The summed E-state index contributed by atoms with van der Waals surface area (Å²) in [6.07, 6.45) is 0. The van der Waals surface area contributed by atoms with Crippen LogP contribution in [0.4, 0.5) is 0 Å². The van der Waals surface area contributed by atoms with Crippen LogP contribution in [0.15, 0.2) is 66.7 Å². The van der Waals surface area contributed by atoms with Crippen LogP contribution in [-0.2, 0) is 0 Å². The minimum Gasteiger partial charge on any atom is -0.497 e. The lowest BCUT2D eigenvalue weighted by molar-refractivity contribution is 0.0963. The van der Waals surface area contributed by atoms with Gasteiger partial charge in [-0.25, -0.2) is 0 Å². The molecule has 0 radical (unpaired) electrons. The van der Waals surface area contributed by atoms with Gasteiger partial charge in [0, 0.05) is 11.1 Å². The third kappa shape index (κ3) is 2.83. The molecule has 0 amide bonds. The Morgan fingerprint density at radius 1 is 0.850 bits per heavy atom. The van der Waals surface area contributed by atoms with Gasteiger partial charge in [0.1, 0.15) is 5.75 Å². The summed E-state index contributed by atoms with van der Waals surface area (Å²) in [5.41, 5.74) is 0.834. The number of rotatable bonds is 5. The number of carbonyl (C=O) groups excluding carboxylic acids is 2. The topological polar surface area (TPSA) is 43.4 Å². The molecule has 0 bridgehead atoms. The highest BCUT2D eigenvalue weighted by Gasteiger charge is 2.18. The molecule has 0 spiro atoms. The standard InChI is InChI=1S/C17H14O3/c1-12(16(18)13-6-4-3-5-7-13)17(19)14-8-10-15(20-2)11-9-14/h3-11H,1H2,2H3. The summed E-state index contributed by atoms with van der Waals surface area (Å²) in [6.45, 7) is 3.62. The molecule has 3 nitrogen and oxygen atoms in total. The van der Waals surface area contributed by atoms with Crippen LogP contribution in [0.3, 0.4) is 0 Å². The van der Waals surface area contributed by atoms with Gasteiger partial charge in [-0.3, -0.25) is 9.59 Å². The molecule has 0 N–H and O–H groups in total. The maximum absolute atomic E-state index is 12.2. The van der Waals surface area contributed by atoms with Crippen molar-refractivity contribution < 1.29 is 14.3 Å². The van der Waals surface area contributed by atoms with E-state index in [1.165, 1.54) is 0 Å². The molecule has 0 saturated heterocycles. The van der Waals surface area contributed by atoms with E-state index in [1.807, 2.05) is 6.07 Å². The van der Waals surface area contributed by atoms with Crippen LogP contribution < -0.4 is 4.74 Å². The smallest absolute Gasteiger partial charge is 0.196 e. The van der Waals surface area contributed by atoms with Crippen molar-refractivity contribution in [2.24, 2.45) is 0 Å². The number of methoxy groups -OCH3 is 1. The predicted octanol–water partition coefficient (Wildman–Crippen LogP) is 3.32. The van der Waals surface area contributed by atoms with E-state index in [1.54, 1.807) is 55.6 Å². The number of hydrogen-bond acceptors (Lipinski definition) is 3.